The molecule has 0 aliphatic heterocycles. The van der Waals surface area contributed by atoms with E-state index in [9.17, 15) is 0 Å². The molecular formula is C9H7BrN2OS2. The van der Waals surface area contributed by atoms with Gasteiger partial charge in [-0.15, -0.1) is 11.3 Å². The predicted octanol–water partition coefficient (Wildman–Crippen LogP) is 3.46. The standard InChI is InChI=1S/C9H7BrN2OS2/c1-13-8-6(10)5-11-9(12-8)15-7-3-2-4-14-7/h2-5H,1H3. The molecule has 15 heavy (non-hydrogen) atoms. The second-order valence-electron chi connectivity index (χ2n) is 2.54. The Morgan fingerprint density at radius 2 is 2.40 bits per heavy atom. The molecule has 2 heterocycles. The molecule has 2 aromatic rings. The molecule has 78 valence electrons. The zero-order chi connectivity index (χ0) is 10.7. The van der Waals surface area contributed by atoms with Crippen LogP contribution in [0.3, 0.4) is 0 Å². The summed E-state index contributed by atoms with van der Waals surface area (Å²) in [6.07, 6.45) is 1.70. The van der Waals surface area contributed by atoms with E-state index in [1.807, 2.05) is 17.5 Å². The Balaban J connectivity index is 2.22. The van der Waals surface area contributed by atoms with Crippen molar-refractivity contribution in [2.24, 2.45) is 0 Å². The lowest BCUT2D eigenvalue weighted by molar-refractivity contribution is 0.389. The number of ether oxygens (including phenoxy) is 1. The Bertz CT molecular complexity index is 447. The van der Waals surface area contributed by atoms with Gasteiger partial charge in [-0.1, -0.05) is 6.07 Å². The lowest BCUT2D eigenvalue weighted by Crippen LogP contribution is -1.92. The van der Waals surface area contributed by atoms with Crippen molar-refractivity contribution < 1.29 is 4.74 Å². The van der Waals surface area contributed by atoms with Crippen LogP contribution in [-0.2, 0) is 0 Å². The molecule has 0 saturated heterocycles. The van der Waals surface area contributed by atoms with Gasteiger partial charge in [-0.25, -0.2) is 4.98 Å². The predicted molar refractivity (Wildman–Crippen MR) is 64.7 cm³/mol. The number of rotatable bonds is 3. The fraction of sp³-hybridized carbons (Fsp3) is 0.111. The minimum Gasteiger partial charge on any atom is -0.480 e. The quantitative estimate of drug-likeness (QED) is 0.813. The molecule has 2 aromatic heterocycles. The first-order valence-corrected chi connectivity index (χ1v) is 6.56. The van der Waals surface area contributed by atoms with Crippen LogP contribution < -0.4 is 4.74 Å². The van der Waals surface area contributed by atoms with Crippen LogP contribution in [-0.4, -0.2) is 17.1 Å². The van der Waals surface area contributed by atoms with Gasteiger partial charge in [-0.05, 0) is 39.1 Å². The number of aromatic nitrogens is 2. The molecule has 0 aromatic carbocycles. The fourth-order valence-corrected chi connectivity index (χ4v) is 2.88. The molecule has 0 aliphatic carbocycles. The monoisotopic (exact) mass is 302 g/mol. The molecule has 6 heteroatoms. The number of hydrogen-bond acceptors (Lipinski definition) is 5. The highest BCUT2D eigenvalue weighted by Crippen LogP contribution is 2.31. The van der Waals surface area contributed by atoms with Crippen molar-refractivity contribution in [3.63, 3.8) is 0 Å². The second-order valence-corrected chi connectivity index (χ2v) is 5.61. The minimum absolute atomic E-state index is 0.559. The van der Waals surface area contributed by atoms with Crippen molar-refractivity contribution >= 4 is 39.0 Å². The Morgan fingerprint density at radius 3 is 3.07 bits per heavy atom. The van der Waals surface area contributed by atoms with Crippen LogP contribution in [0.25, 0.3) is 0 Å². The van der Waals surface area contributed by atoms with Crippen molar-refractivity contribution in [1.29, 1.82) is 0 Å². The highest BCUT2D eigenvalue weighted by atomic mass is 79.9. The Labute approximate surface area is 104 Å². The summed E-state index contributed by atoms with van der Waals surface area (Å²) in [6.45, 7) is 0. The van der Waals surface area contributed by atoms with Crippen molar-refractivity contribution in [2.75, 3.05) is 7.11 Å². The third-order valence-corrected chi connectivity index (χ3v) is 4.03. The van der Waals surface area contributed by atoms with Gasteiger partial charge in [-0.2, -0.15) is 4.98 Å². The molecule has 0 N–H and O–H groups in total. The minimum atomic E-state index is 0.559. The normalized spacial score (nSPS) is 10.3. The maximum atomic E-state index is 5.10. The largest absolute Gasteiger partial charge is 0.480 e. The summed E-state index contributed by atoms with van der Waals surface area (Å²) in [5.41, 5.74) is 0. The number of halogens is 1. The summed E-state index contributed by atoms with van der Waals surface area (Å²) in [7, 11) is 1.59. The summed E-state index contributed by atoms with van der Waals surface area (Å²) in [5.74, 6) is 0.559. The van der Waals surface area contributed by atoms with Gasteiger partial charge in [-0.3, -0.25) is 0 Å². The van der Waals surface area contributed by atoms with Gasteiger partial charge in [0.2, 0.25) is 5.88 Å². The van der Waals surface area contributed by atoms with Gasteiger partial charge in [0.05, 0.1) is 15.8 Å². The Kier molecular flexibility index (Phi) is 3.61. The summed E-state index contributed by atoms with van der Waals surface area (Å²) in [5, 5.41) is 2.72. The van der Waals surface area contributed by atoms with Crippen molar-refractivity contribution in [3.8, 4) is 5.88 Å². The summed E-state index contributed by atoms with van der Waals surface area (Å²) in [6, 6.07) is 4.04. The number of methoxy groups -OCH3 is 1. The first kappa shape index (κ1) is 10.9. The van der Waals surface area contributed by atoms with Gasteiger partial charge in [0.25, 0.3) is 0 Å². The average Bonchev–Trinajstić information content (AvgIpc) is 2.73. The van der Waals surface area contributed by atoms with E-state index in [1.165, 1.54) is 16.0 Å². The summed E-state index contributed by atoms with van der Waals surface area (Å²) in [4.78, 5) is 8.45. The average molecular weight is 303 g/mol. The van der Waals surface area contributed by atoms with E-state index in [2.05, 4.69) is 25.9 Å². The van der Waals surface area contributed by atoms with E-state index in [1.54, 1.807) is 24.6 Å². The maximum absolute atomic E-state index is 5.10. The topological polar surface area (TPSA) is 35.0 Å². The number of thiophene rings is 1. The molecule has 0 fully saturated rings. The van der Waals surface area contributed by atoms with Gasteiger partial charge in [0, 0.05) is 6.20 Å². The zero-order valence-corrected chi connectivity index (χ0v) is 11.0. The van der Waals surface area contributed by atoms with Crippen molar-refractivity contribution in [1.82, 2.24) is 9.97 Å². The second kappa shape index (κ2) is 4.96. The fourth-order valence-electron chi connectivity index (χ4n) is 0.940. The summed E-state index contributed by atoms with van der Waals surface area (Å²) < 4.78 is 7.03. The molecule has 0 atom stereocenters. The molecular weight excluding hydrogens is 296 g/mol. The van der Waals surface area contributed by atoms with Crippen LogP contribution in [0.15, 0.2) is 37.5 Å². The lowest BCUT2D eigenvalue weighted by Gasteiger charge is -2.02. The van der Waals surface area contributed by atoms with Gasteiger partial charge >= 0.3 is 0 Å². The smallest absolute Gasteiger partial charge is 0.231 e. The van der Waals surface area contributed by atoms with Crippen LogP contribution in [0.2, 0.25) is 0 Å². The molecule has 0 aliphatic rings. The van der Waals surface area contributed by atoms with Crippen molar-refractivity contribution in [3.05, 3.63) is 28.2 Å². The van der Waals surface area contributed by atoms with Crippen LogP contribution in [0, 0.1) is 0 Å². The molecule has 0 spiro atoms. The van der Waals surface area contributed by atoms with Gasteiger partial charge in [0.1, 0.15) is 0 Å². The van der Waals surface area contributed by atoms with Crippen molar-refractivity contribution in [2.45, 2.75) is 9.37 Å². The van der Waals surface area contributed by atoms with E-state index in [0.29, 0.717) is 11.0 Å². The highest BCUT2D eigenvalue weighted by Gasteiger charge is 2.06. The third kappa shape index (κ3) is 2.70. The van der Waals surface area contributed by atoms with Crippen LogP contribution >= 0.6 is 39.0 Å². The Hall–Kier alpha value is -0.590. The van der Waals surface area contributed by atoms with E-state index < -0.39 is 0 Å². The van der Waals surface area contributed by atoms with E-state index in [4.69, 9.17) is 4.74 Å². The number of nitrogens with zero attached hydrogens (tertiary/aromatic N) is 2. The third-order valence-electron chi connectivity index (χ3n) is 1.57. The van der Waals surface area contributed by atoms with E-state index in [0.717, 1.165) is 4.47 Å². The van der Waals surface area contributed by atoms with Crippen LogP contribution in [0.5, 0.6) is 5.88 Å². The van der Waals surface area contributed by atoms with Crippen LogP contribution in [0.1, 0.15) is 0 Å². The first-order chi connectivity index (χ1) is 7.29. The van der Waals surface area contributed by atoms with E-state index >= 15 is 0 Å². The first-order valence-electron chi connectivity index (χ1n) is 4.07. The molecule has 2 rings (SSSR count). The lowest BCUT2D eigenvalue weighted by atomic mass is 10.6. The zero-order valence-electron chi connectivity index (χ0n) is 7.81. The maximum Gasteiger partial charge on any atom is 0.231 e. The summed E-state index contributed by atoms with van der Waals surface area (Å²) >= 11 is 6.51. The van der Waals surface area contributed by atoms with Gasteiger partial charge < -0.3 is 4.74 Å². The molecule has 0 bridgehead atoms. The molecule has 0 saturated carbocycles. The van der Waals surface area contributed by atoms with E-state index in [-0.39, 0.29) is 0 Å². The van der Waals surface area contributed by atoms with Gasteiger partial charge in [0.15, 0.2) is 5.16 Å². The highest BCUT2D eigenvalue weighted by molar-refractivity contribution is 9.10. The molecule has 3 nitrogen and oxygen atoms in total. The molecule has 0 amide bonds. The van der Waals surface area contributed by atoms with Crippen LogP contribution in [0.4, 0.5) is 0 Å². The Morgan fingerprint density at radius 1 is 1.53 bits per heavy atom. The molecule has 0 radical (unpaired) electrons. The molecule has 0 unspecified atom stereocenters. The SMILES string of the molecule is COc1nc(Sc2cccs2)ncc1Br. The number of hydrogen-bond donors (Lipinski definition) is 0.